The van der Waals surface area contributed by atoms with Crippen molar-refractivity contribution in [2.75, 3.05) is 11.5 Å². The zero-order valence-electron chi connectivity index (χ0n) is 29.4. The minimum absolute atomic E-state index is 0. The van der Waals surface area contributed by atoms with Gasteiger partial charge in [-0.1, -0.05) is 234 Å². The van der Waals surface area contributed by atoms with Crippen molar-refractivity contribution in [3.8, 4) is 0 Å². The van der Waals surface area contributed by atoms with Gasteiger partial charge in [-0.25, -0.2) is 0 Å². The quantitative estimate of drug-likeness (QED) is 0.0449. The van der Waals surface area contributed by atoms with E-state index in [4.69, 9.17) is 25.3 Å². The molecule has 0 unspecified atom stereocenters. The van der Waals surface area contributed by atoms with Crippen LogP contribution in [0.15, 0.2) is 0 Å². The number of unbranched alkanes of at least 4 members (excludes halogenated alkanes) is 26. The fourth-order valence-electron chi connectivity index (χ4n) is 4.24. The SMILES string of the molecule is CCCCCCCCCCCCCCC[S-].CCCCCCCCCCCCCCC[S-].[CH2]CCC.[CH2]CCC.[Sn+2]. The Morgan fingerprint density at radius 2 is 0.439 bits per heavy atom. The van der Waals surface area contributed by atoms with E-state index in [1.807, 2.05) is 0 Å². The molecular weight excluding hydrogens is 639 g/mol. The molecule has 0 amide bonds. The summed E-state index contributed by atoms with van der Waals surface area (Å²) >= 11 is 9.86. The second kappa shape index (κ2) is 60.7. The van der Waals surface area contributed by atoms with Crippen molar-refractivity contribution < 1.29 is 0 Å². The smallest absolute Gasteiger partial charge is 0.793 e. The molecular formula is C38H80S2Sn. The zero-order chi connectivity index (χ0) is 30.6. The molecule has 0 aromatic heterocycles. The van der Waals surface area contributed by atoms with Crippen LogP contribution in [0, 0.1) is 13.8 Å². The summed E-state index contributed by atoms with van der Waals surface area (Å²) in [6.45, 7) is 16.0. The third-order valence-corrected chi connectivity index (χ3v) is 7.78. The molecule has 4 radical (unpaired) electrons. The Morgan fingerprint density at radius 3 is 0.561 bits per heavy atom. The van der Waals surface area contributed by atoms with E-state index < -0.39 is 0 Å². The van der Waals surface area contributed by atoms with Gasteiger partial charge in [0.25, 0.3) is 0 Å². The maximum absolute atomic E-state index is 4.93. The van der Waals surface area contributed by atoms with Gasteiger partial charge < -0.3 is 25.3 Å². The first-order valence-electron chi connectivity index (χ1n) is 18.4. The molecule has 0 aliphatic carbocycles. The van der Waals surface area contributed by atoms with Gasteiger partial charge in [-0.15, -0.1) is 0 Å². The minimum atomic E-state index is 0. The van der Waals surface area contributed by atoms with Crippen LogP contribution in [-0.2, 0) is 25.3 Å². The van der Waals surface area contributed by atoms with E-state index in [1.54, 1.807) is 0 Å². The van der Waals surface area contributed by atoms with Crippen LogP contribution >= 0.6 is 0 Å². The van der Waals surface area contributed by atoms with Gasteiger partial charge in [0.05, 0.1) is 0 Å². The van der Waals surface area contributed by atoms with Gasteiger partial charge in [0.1, 0.15) is 0 Å². The van der Waals surface area contributed by atoms with E-state index in [0.29, 0.717) is 0 Å². The minimum Gasteiger partial charge on any atom is -0.793 e. The molecule has 0 aromatic rings. The van der Waals surface area contributed by atoms with E-state index in [-0.39, 0.29) is 23.9 Å². The van der Waals surface area contributed by atoms with Crippen LogP contribution < -0.4 is 0 Å². The molecule has 0 heterocycles. The summed E-state index contributed by atoms with van der Waals surface area (Å²) in [5.41, 5.74) is 0. The molecule has 0 nitrogen and oxygen atoms in total. The Balaban J connectivity index is -0.000000163. The summed E-state index contributed by atoms with van der Waals surface area (Å²) in [5.74, 6) is 1.91. The van der Waals surface area contributed by atoms with Crippen molar-refractivity contribution in [3.05, 3.63) is 13.8 Å². The monoisotopic (exact) mass is 720 g/mol. The summed E-state index contributed by atoms with van der Waals surface area (Å²) in [7, 11) is 0. The molecule has 248 valence electrons. The zero-order valence-corrected chi connectivity index (χ0v) is 33.8. The molecule has 0 aromatic carbocycles. The molecule has 0 aliphatic rings. The van der Waals surface area contributed by atoms with E-state index in [1.165, 1.54) is 180 Å². The molecule has 0 saturated heterocycles. The Morgan fingerprint density at radius 1 is 0.293 bits per heavy atom. The largest absolute Gasteiger partial charge is 2.00 e. The second-order valence-electron chi connectivity index (χ2n) is 11.6. The molecule has 0 saturated carbocycles. The molecule has 0 aliphatic heterocycles. The topological polar surface area (TPSA) is 0 Å². The third kappa shape index (κ3) is 74.4. The summed E-state index contributed by atoms with van der Waals surface area (Å²) in [5, 5.41) is 0. The molecule has 3 heteroatoms. The summed E-state index contributed by atoms with van der Waals surface area (Å²) in [6, 6.07) is 0. The predicted octanol–water partition coefficient (Wildman–Crippen LogP) is 14.1. The Hall–Kier alpha value is 1.50. The first-order chi connectivity index (χ1) is 19.7. The maximum Gasteiger partial charge on any atom is 2.00 e. The van der Waals surface area contributed by atoms with Crippen molar-refractivity contribution >= 4 is 49.2 Å². The molecule has 0 rings (SSSR count). The first kappa shape index (κ1) is 52.0. The van der Waals surface area contributed by atoms with Crippen LogP contribution in [0.2, 0.25) is 0 Å². The van der Waals surface area contributed by atoms with Gasteiger partial charge in [0.15, 0.2) is 0 Å². The number of rotatable bonds is 28. The third-order valence-electron chi connectivity index (χ3n) is 7.20. The fraction of sp³-hybridized carbons (Fsp3) is 0.947. The van der Waals surface area contributed by atoms with Gasteiger partial charge in [-0.3, -0.25) is 0 Å². The standard InChI is InChI=1S/2C15H32S.2C4H9.Sn/c2*1-2-3-4-5-6-7-8-9-10-11-12-13-14-15-16;2*1-3-4-2;/h2*16H,2-15H2,1H3;2*1,3-4H2,2H3;/q;;;;+2/p-2. The normalized spacial score (nSPS) is 9.95. The summed E-state index contributed by atoms with van der Waals surface area (Å²) in [6.07, 6.45) is 41.5. The maximum atomic E-state index is 4.93. The molecule has 0 fully saturated rings. The number of hydrogen-bond donors (Lipinski definition) is 0. The van der Waals surface area contributed by atoms with Gasteiger partial charge in [-0.05, 0) is 0 Å². The van der Waals surface area contributed by atoms with Crippen molar-refractivity contribution in [1.29, 1.82) is 0 Å². The Kier molecular flexibility index (Phi) is 77.0. The van der Waals surface area contributed by atoms with Gasteiger partial charge in [0.2, 0.25) is 0 Å². The Labute approximate surface area is 293 Å². The first-order valence-corrected chi connectivity index (χ1v) is 19.6. The van der Waals surface area contributed by atoms with Crippen LogP contribution in [0.4, 0.5) is 0 Å². The Bertz CT molecular complexity index is 274. The summed E-state index contributed by atoms with van der Waals surface area (Å²) in [4.78, 5) is 0. The molecule has 0 atom stereocenters. The fourth-order valence-corrected chi connectivity index (χ4v) is 4.65. The van der Waals surface area contributed by atoms with E-state index >= 15 is 0 Å². The van der Waals surface area contributed by atoms with E-state index in [9.17, 15) is 0 Å². The number of hydrogen-bond acceptors (Lipinski definition) is 2. The van der Waals surface area contributed by atoms with E-state index in [0.717, 1.165) is 24.3 Å². The van der Waals surface area contributed by atoms with Crippen molar-refractivity contribution in [1.82, 2.24) is 0 Å². The molecule has 0 spiro atoms. The molecule has 0 N–H and O–H groups in total. The van der Waals surface area contributed by atoms with Gasteiger partial charge >= 0.3 is 23.9 Å². The average molecular weight is 720 g/mol. The molecule has 41 heavy (non-hydrogen) atoms. The van der Waals surface area contributed by atoms with Crippen LogP contribution in [-0.4, -0.2) is 35.4 Å². The van der Waals surface area contributed by atoms with Crippen molar-refractivity contribution in [3.63, 3.8) is 0 Å². The van der Waals surface area contributed by atoms with E-state index in [2.05, 4.69) is 41.5 Å². The van der Waals surface area contributed by atoms with Crippen LogP contribution in [0.1, 0.15) is 220 Å². The average Bonchev–Trinajstić information content (AvgIpc) is 2.99. The van der Waals surface area contributed by atoms with Crippen LogP contribution in [0.3, 0.4) is 0 Å². The van der Waals surface area contributed by atoms with Gasteiger partial charge in [-0.2, -0.15) is 11.5 Å². The molecule has 0 bridgehead atoms. The van der Waals surface area contributed by atoms with Crippen LogP contribution in [0.5, 0.6) is 0 Å². The summed E-state index contributed by atoms with van der Waals surface area (Å²) < 4.78 is 0. The second-order valence-corrected chi connectivity index (χ2v) is 12.4. The van der Waals surface area contributed by atoms with Crippen molar-refractivity contribution in [2.24, 2.45) is 0 Å². The van der Waals surface area contributed by atoms with Gasteiger partial charge in [0, 0.05) is 0 Å². The van der Waals surface area contributed by atoms with Crippen LogP contribution in [0.25, 0.3) is 0 Å². The van der Waals surface area contributed by atoms with Crippen molar-refractivity contribution in [2.45, 2.75) is 220 Å². The predicted molar refractivity (Wildman–Crippen MR) is 202 cm³/mol.